The van der Waals surface area contributed by atoms with Crippen molar-refractivity contribution in [2.45, 2.75) is 44.9 Å². The van der Waals surface area contributed by atoms with Crippen LogP contribution in [-0.4, -0.2) is 25.2 Å². The van der Waals surface area contributed by atoms with Crippen LogP contribution < -0.4 is 0 Å². The molecule has 0 fully saturated rings. The third-order valence-electron chi connectivity index (χ3n) is 3.30. The van der Waals surface area contributed by atoms with Crippen LogP contribution in [0.15, 0.2) is 42.2 Å². The average Bonchev–Trinajstić information content (AvgIpc) is 2.47. The molecule has 1 heterocycles. The van der Waals surface area contributed by atoms with Gasteiger partial charge in [0, 0.05) is 13.0 Å². The number of allylic oxidation sites excluding steroid dienone is 1. The van der Waals surface area contributed by atoms with Crippen LogP contribution in [0, 0.1) is 0 Å². The number of rotatable bonds is 5. The molecule has 3 atom stereocenters. The van der Waals surface area contributed by atoms with Crippen LogP contribution in [0.25, 0.3) is 0 Å². The second-order valence-electron chi connectivity index (χ2n) is 4.99. The van der Waals surface area contributed by atoms with Gasteiger partial charge in [-0.15, -0.1) is 0 Å². The van der Waals surface area contributed by atoms with Gasteiger partial charge in [0.25, 0.3) is 0 Å². The molecule has 1 aromatic carbocycles. The van der Waals surface area contributed by atoms with E-state index in [0.717, 1.165) is 11.6 Å². The Kier molecular flexibility index (Phi) is 5.47. The van der Waals surface area contributed by atoms with E-state index in [1.54, 1.807) is 6.92 Å². The summed E-state index contributed by atoms with van der Waals surface area (Å²) >= 11 is 0. The van der Waals surface area contributed by atoms with E-state index in [4.69, 9.17) is 14.2 Å². The molecule has 0 radical (unpaired) electrons. The van der Waals surface area contributed by atoms with Crippen LogP contribution >= 0.6 is 0 Å². The highest BCUT2D eigenvalue weighted by Crippen LogP contribution is 2.34. The zero-order chi connectivity index (χ0) is 16.2. The van der Waals surface area contributed by atoms with Gasteiger partial charge in [-0.3, -0.25) is 0 Å². The number of halogens is 3. The lowest BCUT2D eigenvalue weighted by atomic mass is 10.1. The van der Waals surface area contributed by atoms with Crippen LogP contribution in [0.5, 0.6) is 0 Å². The van der Waals surface area contributed by atoms with Gasteiger partial charge in [-0.1, -0.05) is 30.3 Å². The summed E-state index contributed by atoms with van der Waals surface area (Å²) in [5.41, 5.74) is 0.906. The van der Waals surface area contributed by atoms with Gasteiger partial charge in [0.1, 0.15) is 0 Å². The monoisotopic (exact) mass is 316 g/mol. The van der Waals surface area contributed by atoms with Crippen molar-refractivity contribution in [2.75, 3.05) is 6.61 Å². The molecule has 1 aromatic rings. The summed E-state index contributed by atoms with van der Waals surface area (Å²) in [5, 5.41) is 0. The summed E-state index contributed by atoms with van der Waals surface area (Å²) < 4.78 is 54.4. The summed E-state index contributed by atoms with van der Waals surface area (Å²) in [5.74, 6) is -1.05. The Hall–Kier alpha value is -1.53. The summed E-state index contributed by atoms with van der Waals surface area (Å²) in [6.07, 6.45) is -5.32. The predicted octanol–water partition coefficient (Wildman–Crippen LogP) is 4.36. The molecule has 0 bridgehead atoms. The summed E-state index contributed by atoms with van der Waals surface area (Å²) in [6.45, 7) is 3.79. The molecule has 0 saturated carbocycles. The first kappa shape index (κ1) is 16.8. The second kappa shape index (κ2) is 7.15. The minimum absolute atomic E-state index is 0.227. The highest BCUT2D eigenvalue weighted by atomic mass is 19.4. The molecule has 0 N–H and O–H groups in total. The zero-order valence-corrected chi connectivity index (χ0v) is 12.5. The van der Waals surface area contributed by atoms with Gasteiger partial charge in [-0.25, -0.2) is 0 Å². The zero-order valence-electron chi connectivity index (χ0n) is 12.5. The first-order valence-electron chi connectivity index (χ1n) is 7.17. The molecule has 0 aromatic heterocycles. The smallest absolute Gasteiger partial charge is 0.448 e. The number of hydrogen-bond donors (Lipinski definition) is 0. The fourth-order valence-electron chi connectivity index (χ4n) is 2.26. The molecular formula is C16H19F3O3. The highest BCUT2D eigenvalue weighted by Gasteiger charge is 2.41. The van der Waals surface area contributed by atoms with Crippen molar-refractivity contribution >= 4 is 0 Å². The Balaban J connectivity index is 2.10. The summed E-state index contributed by atoms with van der Waals surface area (Å²) in [4.78, 5) is 0. The van der Waals surface area contributed by atoms with Crippen LogP contribution in [0.2, 0.25) is 0 Å². The van der Waals surface area contributed by atoms with Crippen molar-refractivity contribution in [3.8, 4) is 0 Å². The molecule has 2 rings (SSSR count). The van der Waals surface area contributed by atoms with Gasteiger partial charge < -0.3 is 14.2 Å². The molecule has 122 valence electrons. The fraction of sp³-hybridized carbons (Fsp3) is 0.500. The van der Waals surface area contributed by atoms with Gasteiger partial charge in [0.2, 0.25) is 12.0 Å². The van der Waals surface area contributed by atoms with Crippen LogP contribution in [0.3, 0.4) is 0 Å². The lowest BCUT2D eigenvalue weighted by Crippen LogP contribution is -2.34. The normalized spacial score (nSPS) is 23.6. The van der Waals surface area contributed by atoms with Crippen molar-refractivity contribution in [1.82, 2.24) is 0 Å². The van der Waals surface area contributed by atoms with Crippen LogP contribution in [0.1, 0.15) is 31.9 Å². The topological polar surface area (TPSA) is 27.7 Å². The number of benzene rings is 1. The molecule has 0 saturated heterocycles. The number of alkyl halides is 3. The maximum Gasteiger partial charge on any atom is 0.448 e. The minimum Gasteiger partial charge on any atom is -0.460 e. The minimum atomic E-state index is -4.55. The first-order chi connectivity index (χ1) is 10.4. The molecule has 0 amide bonds. The number of ether oxygens (including phenoxy) is 3. The van der Waals surface area contributed by atoms with E-state index in [1.807, 2.05) is 37.3 Å². The predicted molar refractivity (Wildman–Crippen MR) is 75.0 cm³/mol. The molecule has 6 heteroatoms. The molecule has 0 spiro atoms. The van der Waals surface area contributed by atoms with E-state index in [0.29, 0.717) is 0 Å². The van der Waals surface area contributed by atoms with E-state index < -0.39 is 24.3 Å². The molecule has 0 aliphatic carbocycles. The molecule has 3 nitrogen and oxygen atoms in total. The van der Waals surface area contributed by atoms with Crippen LogP contribution in [-0.2, 0) is 14.2 Å². The third kappa shape index (κ3) is 4.48. The van der Waals surface area contributed by atoms with Gasteiger partial charge in [0.15, 0.2) is 0 Å². The van der Waals surface area contributed by atoms with Crippen LogP contribution in [0.4, 0.5) is 13.2 Å². The Bertz CT molecular complexity index is 499. The lowest BCUT2D eigenvalue weighted by molar-refractivity contribution is -0.205. The Labute approximate surface area is 127 Å². The molecule has 1 aliphatic rings. The molecule has 22 heavy (non-hydrogen) atoms. The first-order valence-corrected chi connectivity index (χ1v) is 7.17. The van der Waals surface area contributed by atoms with E-state index in [9.17, 15) is 13.2 Å². The second-order valence-corrected chi connectivity index (χ2v) is 4.99. The van der Waals surface area contributed by atoms with Gasteiger partial charge in [0.05, 0.1) is 12.2 Å². The standard InChI is InChI=1S/C16H19F3O3/c1-3-20-15-10-13(9-14(22-15)16(17,18)19)21-11(2)12-7-5-4-6-8-12/h4-9,11,13,15H,3,10H2,1-2H3/t11-,13+,15-/m1/s1. The van der Waals surface area contributed by atoms with E-state index in [-0.39, 0.29) is 19.1 Å². The van der Waals surface area contributed by atoms with Crippen molar-refractivity contribution in [1.29, 1.82) is 0 Å². The van der Waals surface area contributed by atoms with Gasteiger partial charge in [-0.05, 0) is 25.5 Å². The van der Waals surface area contributed by atoms with Crippen molar-refractivity contribution < 1.29 is 27.4 Å². The van der Waals surface area contributed by atoms with Crippen molar-refractivity contribution in [2.24, 2.45) is 0 Å². The number of hydrogen-bond acceptors (Lipinski definition) is 3. The Morgan fingerprint density at radius 3 is 2.55 bits per heavy atom. The fourth-order valence-corrected chi connectivity index (χ4v) is 2.26. The average molecular weight is 316 g/mol. The Morgan fingerprint density at radius 1 is 1.27 bits per heavy atom. The summed E-state index contributed by atoms with van der Waals surface area (Å²) in [6, 6.07) is 9.34. The van der Waals surface area contributed by atoms with Crippen molar-refractivity contribution in [3.05, 3.63) is 47.7 Å². The largest absolute Gasteiger partial charge is 0.460 e. The SMILES string of the molecule is CCO[C@H]1C[C@@H](O[C@H](C)c2ccccc2)C=C(C(F)(F)F)O1. The maximum absolute atomic E-state index is 12.9. The van der Waals surface area contributed by atoms with Gasteiger partial charge >= 0.3 is 6.18 Å². The maximum atomic E-state index is 12.9. The van der Waals surface area contributed by atoms with Gasteiger partial charge in [-0.2, -0.15) is 13.2 Å². The quantitative estimate of drug-likeness (QED) is 0.808. The third-order valence-corrected chi connectivity index (χ3v) is 3.30. The highest BCUT2D eigenvalue weighted by molar-refractivity contribution is 5.17. The lowest BCUT2D eigenvalue weighted by Gasteiger charge is -2.31. The summed E-state index contributed by atoms with van der Waals surface area (Å²) in [7, 11) is 0. The molecule has 0 unspecified atom stereocenters. The molecular weight excluding hydrogens is 297 g/mol. The van der Waals surface area contributed by atoms with E-state index >= 15 is 0 Å². The van der Waals surface area contributed by atoms with Crippen molar-refractivity contribution in [3.63, 3.8) is 0 Å². The van der Waals surface area contributed by atoms with E-state index in [2.05, 4.69) is 0 Å². The van der Waals surface area contributed by atoms with E-state index in [1.165, 1.54) is 0 Å². The molecule has 1 aliphatic heterocycles. The Morgan fingerprint density at radius 2 is 1.95 bits per heavy atom.